The van der Waals surface area contributed by atoms with E-state index in [-0.39, 0.29) is 18.1 Å². The Morgan fingerprint density at radius 3 is 2.52 bits per heavy atom. The van der Waals surface area contributed by atoms with Crippen LogP contribution in [0, 0.1) is 0 Å². The number of nitrogens with zero attached hydrogens (tertiary/aromatic N) is 3. The van der Waals surface area contributed by atoms with E-state index in [9.17, 15) is 4.79 Å². The predicted octanol–water partition coefficient (Wildman–Crippen LogP) is 2.12. The van der Waals surface area contributed by atoms with Gasteiger partial charge in [-0.2, -0.15) is 5.10 Å². The molecule has 1 amide bonds. The molecular weight excluding hydrogens is 266 g/mol. The first-order valence-corrected chi connectivity index (χ1v) is 7.18. The molecule has 2 heterocycles. The summed E-state index contributed by atoms with van der Waals surface area (Å²) in [5.74, 6) is 0.0131. The molecule has 3 rings (SSSR count). The van der Waals surface area contributed by atoms with Crippen LogP contribution in [-0.2, 0) is 4.74 Å². The lowest BCUT2D eigenvalue weighted by Crippen LogP contribution is -2.48. The van der Waals surface area contributed by atoms with E-state index in [0.717, 1.165) is 5.69 Å². The number of aromatic nitrogens is 2. The van der Waals surface area contributed by atoms with Crippen molar-refractivity contribution in [3.63, 3.8) is 0 Å². The van der Waals surface area contributed by atoms with E-state index in [4.69, 9.17) is 4.74 Å². The van der Waals surface area contributed by atoms with Gasteiger partial charge in [-0.15, -0.1) is 0 Å². The molecule has 21 heavy (non-hydrogen) atoms. The fourth-order valence-corrected chi connectivity index (χ4v) is 2.68. The monoisotopic (exact) mass is 285 g/mol. The number of benzene rings is 1. The van der Waals surface area contributed by atoms with Crippen molar-refractivity contribution in [2.45, 2.75) is 26.1 Å². The van der Waals surface area contributed by atoms with Gasteiger partial charge in [0.15, 0.2) is 0 Å². The van der Waals surface area contributed by atoms with Crippen LogP contribution >= 0.6 is 0 Å². The van der Waals surface area contributed by atoms with Crippen LogP contribution in [0.5, 0.6) is 0 Å². The minimum absolute atomic E-state index is 0.0131. The molecule has 0 aliphatic carbocycles. The van der Waals surface area contributed by atoms with Crippen molar-refractivity contribution in [1.82, 2.24) is 14.7 Å². The molecule has 0 bridgehead atoms. The highest BCUT2D eigenvalue weighted by Gasteiger charge is 2.27. The summed E-state index contributed by atoms with van der Waals surface area (Å²) in [6.07, 6.45) is 3.55. The van der Waals surface area contributed by atoms with Crippen LogP contribution in [0.4, 0.5) is 0 Å². The van der Waals surface area contributed by atoms with Crippen molar-refractivity contribution in [2.75, 3.05) is 13.1 Å². The molecule has 1 aromatic carbocycles. The fraction of sp³-hybridized carbons (Fsp3) is 0.375. The van der Waals surface area contributed by atoms with Gasteiger partial charge in [0.05, 0.1) is 29.7 Å². The summed E-state index contributed by atoms with van der Waals surface area (Å²) in [6.45, 7) is 5.23. The van der Waals surface area contributed by atoms with Gasteiger partial charge in [-0.3, -0.25) is 4.79 Å². The first-order valence-electron chi connectivity index (χ1n) is 7.18. The Hall–Kier alpha value is -2.14. The number of rotatable bonds is 2. The molecule has 0 saturated carbocycles. The molecule has 1 aromatic heterocycles. The Bertz CT molecular complexity index is 613. The molecule has 1 fully saturated rings. The van der Waals surface area contributed by atoms with E-state index >= 15 is 0 Å². The lowest BCUT2D eigenvalue weighted by molar-refractivity contribution is -0.0586. The molecule has 2 atom stereocenters. The third-order valence-corrected chi connectivity index (χ3v) is 3.56. The summed E-state index contributed by atoms with van der Waals surface area (Å²) in [5, 5.41) is 4.28. The molecule has 1 saturated heterocycles. The third-order valence-electron chi connectivity index (χ3n) is 3.56. The maximum Gasteiger partial charge on any atom is 0.257 e. The van der Waals surface area contributed by atoms with Crippen molar-refractivity contribution in [3.05, 3.63) is 48.3 Å². The Balaban J connectivity index is 1.78. The number of amides is 1. The van der Waals surface area contributed by atoms with Gasteiger partial charge in [-0.25, -0.2) is 4.68 Å². The summed E-state index contributed by atoms with van der Waals surface area (Å²) >= 11 is 0. The number of morpholine rings is 1. The van der Waals surface area contributed by atoms with E-state index in [2.05, 4.69) is 5.10 Å². The standard InChI is InChI=1S/C16H19N3O2/c1-12-9-18(10-13(2)21-12)16(20)14-8-17-19(11-14)15-6-4-3-5-7-15/h3-8,11-13H,9-10H2,1-2H3/t12-,13-/m1/s1. The van der Waals surface area contributed by atoms with Crippen molar-refractivity contribution >= 4 is 5.91 Å². The second-order valence-electron chi connectivity index (χ2n) is 5.48. The lowest BCUT2D eigenvalue weighted by Gasteiger charge is -2.35. The van der Waals surface area contributed by atoms with Gasteiger partial charge in [-0.05, 0) is 26.0 Å². The Kier molecular flexibility index (Phi) is 3.75. The van der Waals surface area contributed by atoms with Crippen LogP contribution in [0.25, 0.3) is 5.69 Å². The Labute approximate surface area is 124 Å². The molecule has 1 aliphatic rings. The number of carbonyl (C=O) groups is 1. The summed E-state index contributed by atoms with van der Waals surface area (Å²) in [7, 11) is 0. The molecule has 5 nitrogen and oxygen atoms in total. The number of hydrogen-bond donors (Lipinski definition) is 0. The zero-order valence-corrected chi connectivity index (χ0v) is 12.3. The number of para-hydroxylation sites is 1. The van der Waals surface area contributed by atoms with Crippen molar-refractivity contribution in [2.24, 2.45) is 0 Å². The van der Waals surface area contributed by atoms with Crippen LogP contribution in [-0.4, -0.2) is 45.9 Å². The van der Waals surface area contributed by atoms with Gasteiger partial charge < -0.3 is 9.64 Å². The normalized spacial score (nSPS) is 22.3. The molecule has 5 heteroatoms. The molecule has 1 aliphatic heterocycles. The van der Waals surface area contributed by atoms with E-state index in [1.165, 1.54) is 0 Å². The van der Waals surface area contributed by atoms with Gasteiger partial charge in [0.25, 0.3) is 5.91 Å². The average molecular weight is 285 g/mol. The average Bonchev–Trinajstić information content (AvgIpc) is 2.96. The smallest absolute Gasteiger partial charge is 0.257 e. The summed E-state index contributed by atoms with van der Waals surface area (Å²) in [6, 6.07) is 9.77. The molecule has 0 radical (unpaired) electrons. The van der Waals surface area contributed by atoms with Gasteiger partial charge in [0.2, 0.25) is 0 Å². The summed E-state index contributed by atoms with van der Waals surface area (Å²) in [4.78, 5) is 14.4. The summed E-state index contributed by atoms with van der Waals surface area (Å²) in [5.41, 5.74) is 1.56. The lowest BCUT2D eigenvalue weighted by atomic mass is 10.2. The fourth-order valence-electron chi connectivity index (χ4n) is 2.68. The van der Waals surface area contributed by atoms with Crippen molar-refractivity contribution in [3.8, 4) is 5.69 Å². The van der Waals surface area contributed by atoms with Gasteiger partial charge in [-0.1, -0.05) is 18.2 Å². The van der Waals surface area contributed by atoms with Crippen molar-refractivity contribution in [1.29, 1.82) is 0 Å². The van der Waals surface area contributed by atoms with Gasteiger partial charge in [0, 0.05) is 19.3 Å². The third kappa shape index (κ3) is 2.97. The van der Waals surface area contributed by atoms with Crippen LogP contribution in [0.15, 0.2) is 42.7 Å². The predicted molar refractivity (Wildman–Crippen MR) is 79.5 cm³/mol. The molecule has 0 spiro atoms. The second kappa shape index (κ2) is 5.69. The van der Waals surface area contributed by atoms with Crippen LogP contribution < -0.4 is 0 Å². The zero-order valence-electron chi connectivity index (χ0n) is 12.3. The minimum atomic E-state index is 0.0131. The maximum absolute atomic E-state index is 12.6. The Morgan fingerprint density at radius 2 is 1.86 bits per heavy atom. The van der Waals surface area contributed by atoms with Gasteiger partial charge in [0.1, 0.15) is 0 Å². The van der Waals surface area contributed by atoms with Crippen LogP contribution in [0.1, 0.15) is 24.2 Å². The minimum Gasteiger partial charge on any atom is -0.372 e. The largest absolute Gasteiger partial charge is 0.372 e. The highest BCUT2D eigenvalue weighted by molar-refractivity contribution is 5.94. The number of hydrogen-bond acceptors (Lipinski definition) is 3. The highest BCUT2D eigenvalue weighted by atomic mass is 16.5. The summed E-state index contributed by atoms with van der Waals surface area (Å²) < 4.78 is 7.38. The molecular formula is C16H19N3O2. The quantitative estimate of drug-likeness (QED) is 0.849. The first kappa shape index (κ1) is 13.8. The SMILES string of the molecule is C[C@@H]1CN(C(=O)c2cnn(-c3ccccc3)c2)C[C@@H](C)O1. The highest BCUT2D eigenvalue weighted by Crippen LogP contribution is 2.15. The number of carbonyl (C=O) groups excluding carboxylic acids is 1. The maximum atomic E-state index is 12.6. The Morgan fingerprint density at radius 1 is 1.19 bits per heavy atom. The topological polar surface area (TPSA) is 47.4 Å². The van der Waals surface area contributed by atoms with E-state index in [0.29, 0.717) is 18.7 Å². The van der Waals surface area contributed by atoms with E-state index in [1.807, 2.05) is 49.1 Å². The molecule has 0 unspecified atom stereocenters. The van der Waals surface area contributed by atoms with Crippen molar-refractivity contribution < 1.29 is 9.53 Å². The molecule has 2 aromatic rings. The van der Waals surface area contributed by atoms with Gasteiger partial charge >= 0.3 is 0 Å². The molecule has 0 N–H and O–H groups in total. The second-order valence-corrected chi connectivity index (χ2v) is 5.48. The van der Waals surface area contributed by atoms with Crippen LogP contribution in [0.3, 0.4) is 0 Å². The van der Waals surface area contributed by atoms with E-state index in [1.54, 1.807) is 17.1 Å². The zero-order chi connectivity index (χ0) is 14.8. The van der Waals surface area contributed by atoms with E-state index < -0.39 is 0 Å². The molecule has 110 valence electrons. The first-order chi connectivity index (χ1) is 10.1. The van der Waals surface area contributed by atoms with Crippen LogP contribution in [0.2, 0.25) is 0 Å². The number of ether oxygens (including phenoxy) is 1.